The Balaban J connectivity index is 1.09. The average Bonchev–Trinajstić information content (AvgIpc) is 3.90. The van der Waals surface area contributed by atoms with Crippen LogP contribution in [0.3, 0.4) is 0 Å². The molecule has 4 aliphatic carbocycles. The smallest absolute Gasteiger partial charge is 0.399 e. The van der Waals surface area contributed by atoms with Gasteiger partial charge in [-0.25, -0.2) is 4.98 Å². The minimum Gasteiger partial charge on any atom is -0.399 e. The third-order valence-corrected chi connectivity index (χ3v) is 13.8. The monoisotopic (exact) mass is 625 g/mol. The van der Waals surface area contributed by atoms with Gasteiger partial charge in [-0.1, -0.05) is 43.2 Å². The minimum absolute atomic E-state index is 0.300. The second kappa shape index (κ2) is 10.1. The molecule has 3 unspecified atom stereocenters. The van der Waals surface area contributed by atoms with E-state index in [0.717, 1.165) is 29.8 Å². The second-order valence-corrected chi connectivity index (χ2v) is 17.0. The lowest BCUT2D eigenvalue weighted by atomic mass is 9.72. The van der Waals surface area contributed by atoms with Gasteiger partial charge in [-0.05, 0) is 171 Å². The van der Waals surface area contributed by atoms with Gasteiger partial charge in [0.2, 0.25) is 0 Å². The molecule has 4 fully saturated rings. The summed E-state index contributed by atoms with van der Waals surface area (Å²) in [7, 11) is -0.300. The lowest BCUT2D eigenvalue weighted by Gasteiger charge is -2.32. The maximum absolute atomic E-state index is 6.68. The predicted molar refractivity (Wildman–Crippen MR) is 190 cm³/mol. The van der Waals surface area contributed by atoms with Gasteiger partial charge in [0.25, 0.3) is 0 Å². The van der Waals surface area contributed by atoms with Crippen molar-refractivity contribution in [3.63, 3.8) is 0 Å². The summed E-state index contributed by atoms with van der Waals surface area (Å²) in [6.45, 7) is 9.79. The third-order valence-electron chi connectivity index (χ3n) is 13.8. The molecule has 2 bridgehead atoms. The molecular weight excluding hydrogens is 577 g/mol. The molecule has 0 amide bonds. The zero-order chi connectivity index (χ0) is 31.7. The molecular formula is C41H48BN3O2. The summed E-state index contributed by atoms with van der Waals surface area (Å²) in [6, 6.07) is 17.0. The van der Waals surface area contributed by atoms with E-state index in [0.29, 0.717) is 23.3 Å². The lowest BCUT2D eigenvalue weighted by Crippen LogP contribution is -2.41. The number of rotatable bonds is 4. The molecule has 2 aliphatic heterocycles. The summed E-state index contributed by atoms with van der Waals surface area (Å²) in [5.74, 6) is 2.42. The zero-order valence-electron chi connectivity index (χ0n) is 28.6. The molecule has 47 heavy (non-hydrogen) atoms. The highest BCUT2D eigenvalue weighted by atomic mass is 16.7. The number of fused-ring (bicyclic) bond motifs is 7. The van der Waals surface area contributed by atoms with Crippen molar-refractivity contribution in [1.29, 1.82) is 0 Å². The Morgan fingerprint density at radius 1 is 0.766 bits per heavy atom. The Morgan fingerprint density at radius 2 is 1.47 bits per heavy atom. The Kier molecular flexibility index (Phi) is 6.21. The highest BCUT2D eigenvalue weighted by molar-refractivity contribution is 6.62. The van der Waals surface area contributed by atoms with Crippen LogP contribution in [0.15, 0.2) is 42.5 Å². The molecule has 3 atom stereocenters. The number of hydrogen-bond acceptors (Lipinski definition) is 4. The van der Waals surface area contributed by atoms with Crippen LogP contribution in [0.1, 0.15) is 131 Å². The van der Waals surface area contributed by atoms with Crippen molar-refractivity contribution in [3.8, 4) is 22.3 Å². The number of benzene rings is 3. The highest BCUT2D eigenvalue weighted by Gasteiger charge is 2.54. The Hall–Kier alpha value is -2.93. The lowest BCUT2D eigenvalue weighted by molar-refractivity contribution is 0.00578. The van der Waals surface area contributed by atoms with Crippen LogP contribution >= 0.6 is 0 Å². The molecule has 1 aromatic heterocycles. The van der Waals surface area contributed by atoms with Crippen LogP contribution in [0.2, 0.25) is 0 Å². The van der Waals surface area contributed by atoms with E-state index in [4.69, 9.17) is 14.3 Å². The number of nitrogens with one attached hydrogen (secondary N) is 2. The van der Waals surface area contributed by atoms with Crippen LogP contribution in [0.25, 0.3) is 33.3 Å². The second-order valence-electron chi connectivity index (χ2n) is 17.0. The summed E-state index contributed by atoms with van der Waals surface area (Å²) in [5, 5.41) is 3.61. The van der Waals surface area contributed by atoms with E-state index in [-0.39, 0.29) is 18.3 Å². The van der Waals surface area contributed by atoms with Crippen molar-refractivity contribution >= 4 is 23.6 Å². The number of nitrogens with zero attached hydrogens (tertiary/aromatic N) is 1. The molecule has 4 aromatic rings. The van der Waals surface area contributed by atoms with Gasteiger partial charge < -0.3 is 19.6 Å². The van der Waals surface area contributed by atoms with Crippen LogP contribution in [0, 0.1) is 5.41 Å². The fraction of sp³-hybridized carbons (Fsp3) is 0.537. The maximum atomic E-state index is 6.68. The van der Waals surface area contributed by atoms with Crippen LogP contribution in [-0.2, 0) is 22.2 Å². The van der Waals surface area contributed by atoms with Gasteiger partial charge in [-0.3, -0.25) is 0 Å². The van der Waals surface area contributed by atoms with Gasteiger partial charge in [0.05, 0.1) is 28.3 Å². The first-order valence-electron chi connectivity index (χ1n) is 18.6. The largest absolute Gasteiger partial charge is 0.495 e. The maximum Gasteiger partial charge on any atom is 0.495 e. The van der Waals surface area contributed by atoms with Crippen LogP contribution in [0.4, 0.5) is 0 Å². The molecule has 2 saturated carbocycles. The van der Waals surface area contributed by atoms with E-state index in [1.807, 2.05) is 0 Å². The average molecular weight is 626 g/mol. The SMILES string of the molecule is CC1(C)OB(c2ccc(-c3ccc(-c4ccc5nc(C6CCCN6)[nH]c5c4)c4c3C3CCC4C3)c3c2CC2(CCCC2)C3)OC1(C)C. The quantitative estimate of drug-likeness (QED) is 0.223. The summed E-state index contributed by atoms with van der Waals surface area (Å²) < 4.78 is 13.4. The Bertz CT molecular complexity index is 1910. The number of hydrogen-bond donors (Lipinski definition) is 2. The first-order valence-corrected chi connectivity index (χ1v) is 18.6. The van der Waals surface area contributed by atoms with Gasteiger partial charge in [0, 0.05) is 0 Å². The van der Waals surface area contributed by atoms with E-state index in [1.54, 1.807) is 16.7 Å². The predicted octanol–water partition coefficient (Wildman–Crippen LogP) is 8.64. The van der Waals surface area contributed by atoms with E-state index >= 15 is 0 Å². The number of imidazole rings is 1. The van der Waals surface area contributed by atoms with Gasteiger partial charge >= 0.3 is 7.12 Å². The molecule has 0 radical (unpaired) electrons. The van der Waals surface area contributed by atoms with Gasteiger partial charge in [0.15, 0.2) is 0 Å². The minimum atomic E-state index is -0.336. The third kappa shape index (κ3) is 4.30. The van der Waals surface area contributed by atoms with Crippen molar-refractivity contribution in [1.82, 2.24) is 15.3 Å². The molecule has 10 rings (SSSR count). The molecule has 3 aromatic carbocycles. The molecule has 6 heteroatoms. The van der Waals surface area contributed by atoms with Gasteiger partial charge in [0.1, 0.15) is 5.82 Å². The van der Waals surface area contributed by atoms with Gasteiger partial charge in [-0.15, -0.1) is 0 Å². The first-order chi connectivity index (χ1) is 22.7. The molecule has 2 saturated heterocycles. The van der Waals surface area contributed by atoms with E-state index in [9.17, 15) is 0 Å². The first kappa shape index (κ1) is 29.0. The Labute approximate surface area is 279 Å². The van der Waals surface area contributed by atoms with Crippen molar-refractivity contribution in [2.24, 2.45) is 5.41 Å². The summed E-state index contributed by atoms with van der Waals surface area (Å²) >= 11 is 0. The van der Waals surface area contributed by atoms with Crippen molar-refractivity contribution in [3.05, 3.63) is 70.5 Å². The zero-order valence-corrected chi connectivity index (χ0v) is 28.6. The molecule has 5 nitrogen and oxygen atoms in total. The molecule has 3 heterocycles. The van der Waals surface area contributed by atoms with Crippen LogP contribution in [-0.4, -0.2) is 34.8 Å². The standard InChI is InChI=1S/C41H48BN3O2/c1-39(2)40(3,4)47-42(46-39)32-15-14-28(30-22-41(23-31(30)32)17-5-6-18-41)29-13-12-27(36-25-9-10-26(20-25)37(29)36)24-11-16-33-35(21-24)45-38(44-33)34-8-7-19-43-34/h11-16,21,25-26,34,43H,5-10,17-20,22-23H2,1-4H3,(H,44,45). The van der Waals surface area contributed by atoms with E-state index in [2.05, 4.69) is 80.5 Å². The van der Waals surface area contributed by atoms with Crippen molar-refractivity contribution in [2.75, 3.05) is 6.54 Å². The Morgan fingerprint density at radius 3 is 2.21 bits per heavy atom. The molecule has 6 aliphatic rings. The van der Waals surface area contributed by atoms with Crippen LogP contribution in [0.5, 0.6) is 0 Å². The fourth-order valence-electron chi connectivity index (χ4n) is 10.6. The molecule has 242 valence electrons. The summed E-state index contributed by atoms with van der Waals surface area (Å²) in [5.41, 5.74) is 15.4. The van der Waals surface area contributed by atoms with E-state index in [1.165, 1.54) is 97.5 Å². The molecule has 1 spiro atoms. The van der Waals surface area contributed by atoms with Gasteiger partial charge in [-0.2, -0.15) is 0 Å². The topological polar surface area (TPSA) is 59.2 Å². The number of aromatic amines is 1. The number of H-pyrrole nitrogens is 1. The fourth-order valence-corrected chi connectivity index (χ4v) is 10.6. The summed E-state index contributed by atoms with van der Waals surface area (Å²) in [6.07, 6.45) is 14.1. The normalized spacial score (nSPS) is 27.8. The highest BCUT2D eigenvalue weighted by Crippen LogP contribution is 2.59. The molecule has 2 N–H and O–H groups in total. The van der Waals surface area contributed by atoms with Crippen molar-refractivity contribution < 1.29 is 9.31 Å². The van der Waals surface area contributed by atoms with Crippen molar-refractivity contribution in [2.45, 2.75) is 127 Å². The summed E-state index contributed by atoms with van der Waals surface area (Å²) in [4.78, 5) is 8.66. The van der Waals surface area contributed by atoms with E-state index < -0.39 is 0 Å². The number of aromatic nitrogens is 2. The van der Waals surface area contributed by atoms with Crippen LogP contribution < -0.4 is 10.8 Å².